The van der Waals surface area contributed by atoms with E-state index in [9.17, 15) is 4.79 Å². The molecular weight excluding hydrogens is 344 g/mol. The number of hydrogen-bond donors (Lipinski definition) is 2. The van der Waals surface area contributed by atoms with E-state index in [1.54, 1.807) is 35.0 Å². The van der Waals surface area contributed by atoms with Gasteiger partial charge >= 0.3 is 0 Å². The standard InChI is InChI=1S/C17H16N2OS3/c1-21-17-13-12(8-7-10-9-18-23-14(10)13)15(22-17)16(20)19-11-5-3-2-4-6-11/h2-6,18H,7-9H2,1H3,(H,19,20). The van der Waals surface area contributed by atoms with Gasteiger partial charge in [-0.05, 0) is 54.3 Å². The summed E-state index contributed by atoms with van der Waals surface area (Å²) < 4.78 is 4.62. The van der Waals surface area contributed by atoms with Crippen molar-refractivity contribution in [2.45, 2.75) is 17.1 Å². The first-order chi connectivity index (χ1) is 11.3. The Kier molecular flexibility index (Phi) is 4.24. The van der Waals surface area contributed by atoms with Crippen LogP contribution < -0.4 is 10.0 Å². The number of hydrogen-bond acceptors (Lipinski definition) is 5. The highest BCUT2D eigenvalue weighted by atomic mass is 32.2. The third kappa shape index (κ3) is 2.74. The van der Waals surface area contributed by atoms with Gasteiger partial charge in [-0.2, -0.15) is 0 Å². The second-order valence-corrected chi connectivity index (χ2v) is 8.45. The highest BCUT2D eigenvalue weighted by Crippen LogP contribution is 2.49. The predicted octanol–water partition coefficient (Wildman–Crippen LogP) is 4.63. The lowest BCUT2D eigenvalue weighted by Crippen LogP contribution is -2.13. The minimum absolute atomic E-state index is 0.0118. The normalized spacial score (nSPS) is 16.2. The number of rotatable bonds is 3. The van der Waals surface area contributed by atoms with Gasteiger partial charge in [-0.1, -0.05) is 18.2 Å². The molecule has 2 N–H and O–H groups in total. The Morgan fingerprint density at radius 2 is 2.09 bits per heavy atom. The monoisotopic (exact) mass is 360 g/mol. The Morgan fingerprint density at radius 3 is 2.87 bits per heavy atom. The molecule has 0 saturated heterocycles. The van der Waals surface area contributed by atoms with Gasteiger partial charge in [0.2, 0.25) is 0 Å². The first-order valence-corrected chi connectivity index (χ1v) is 10.3. The summed E-state index contributed by atoms with van der Waals surface area (Å²) in [5.74, 6) is 0.0118. The van der Waals surface area contributed by atoms with Crippen molar-refractivity contribution in [1.82, 2.24) is 4.72 Å². The van der Waals surface area contributed by atoms with Crippen LogP contribution in [0.2, 0.25) is 0 Å². The lowest BCUT2D eigenvalue weighted by Gasteiger charge is -2.16. The van der Waals surface area contributed by atoms with Crippen LogP contribution in [0, 0.1) is 0 Å². The number of amides is 1. The summed E-state index contributed by atoms with van der Waals surface area (Å²) in [6.07, 6.45) is 4.11. The Bertz CT molecular complexity index is 796. The van der Waals surface area contributed by atoms with Crippen LogP contribution in [0.25, 0.3) is 4.91 Å². The molecule has 23 heavy (non-hydrogen) atoms. The Labute approximate surface area is 148 Å². The molecule has 4 rings (SSSR count). The van der Waals surface area contributed by atoms with Gasteiger partial charge in [0, 0.05) is 22.7 Å². The van der Waals surface area contributed by atoms with Gasteiger partial charge in [-0.25, -0.2) is 0 Å². The molecule has 0 fully saturated rings. The van der Waals surface area contributed by atoms with Crippen molar-refractivity contribution in [1.29, 1.82) is 0 Å². The van der Waals surface area contributed by atoms with Gasteiger partial charge in [0.05, 0.1) is 9.09 Å². The maximum absolute atomic E-state index is 12.8. The first-order valence-electron chi connectivity index (χ1n) is 7.46. The zero-order valence-corrected chi connectivity index (χ0v) is 15.1. The molecule has 1 aromatic carbocycles. The fraction of sp³-hybridized carbons (Fsp3) is 0.235. The third-order valence-corrected chi connectivity index (χ3v) is 7.42. The Hall–Kier alpha value is -1.21. The van der Waals surface area contributed by atoms with Crippen LogP contribution in [0.4, 0.5) is 5.69 Å². The maximum atomic E-state index is 12.8. The van der Waals surface area contributed by atoms with Crippen molar-refractivity contribution in [2.24, 2.45) is 0 Å². The number of benzene rings is 1. The lowest BCUT2D eigenvalue weighted by atomic mass is 9.93. The molecular formula is C17H16N2OS3. The average Bonchev–Trinajstić information content (AvgIpc) is 3.19. The molecule has 0 saturated carbocycles. The van der Waals surface area contributed by atoms with Crippen molar-refractivity contribution in [3.63, 3.8) is 0 Å². The van der Waals surface area contributed by atoms with Gasteiger partial charge in [0.25, 0.3) is 5.91 Å². The molecule has 0 spiro atoms. The summed E-state index contributed by atoms with van der Waals surface area (Å²) in [7, 11) is 0. The molecule has 6 heteroatoms. The fourth-order valence-electron chi connectivity index (χ4n) is 3.00. The molecule has 1 amide bonds. The summed E-state index contributed by atoms with van der Waals surface area (Å²) in [5.41, 5.74) is 4.86. The van der Waals surface area contributed by atoms with E-state index in [1.807, 2.05) is 30.3 Å². The van der Waals surface area contributed by atoms with Gasteiger partial charge in [-0.15, -0.1) is 23.1 Å². The Morgan fingerprint density at radius 1 is 1.26 bits per heavy atom. The van der Waals surface area contributed by atoms with Crippen LogP contribution in [0.1, 0.15) is 27.2 Å². The van der Waals surface area contributed by atoms with Crippen LogP contribution in [-0.4, -0.2) is 18.7 Å². The summed E-state index contributed by atoms with van der Waals surface area (Å²) in [6.45, 7) is 0.967. The molecule has 0 unspecified atom stereocenters. The number of thiophene rings is 1. The first kappa shape index (κ1) is 15.3. The number of carbonyl (C=O) groups is 1. The van der Waals surface area contributed by atoms with E-state index in [0.717, 1.165) is 30.0 Å². The molecule has 1 aromatic heterocycles. The van der Waals surface area contributed by atoms with Crippen LogP contribution >= 0.6 is 35.0 Å². The average molecular weight is 361 g/mol. The molecule has 0 radical (unpaired) electrons. The molecule has 0 bridgehead atoms. The van der Waals surface area contributed by atoms with Crippen molar-refractivity contribution in [3.8, 4) is 0 Å². The maximum Gasteiger partial charge on any atom is 0.266 e. The van der Waals surface area contributed by atoms with Crippen molar-refractivity contribution < 1.29 is 4.79 Å². The minimum atomic E-state index is 0.0118. The summed E-state index contributed by atoms with van der Waals surface area (Å²) in [4.78, 5) is 15.0. The van der Waals surface area contributed by atoms with E-state index in [2.05, 4.69) is 16.3 Å². The van der Waals surface area contributed by atoms with Gasteiger partial charge in [-0.3, -0.25) is 9.52 Å². The quantitative estimate of drug-likeness (QED) is 0.618. The number of nitrogens with one attached hydrogen (secondary N) is 2. The van der Waals surface area contributed by atoms with E-state index in [-0.39, 0.29) is 5.91 Å². The van der Waals surface area contributed by atoms with E-state index >= 15 is 0 Å². The molecule has 1 aliphatic carbocycles. The van der Waals surface area contributed by atoms with E-state index < -0.39 is 0 Å². The minimum Gasteiger partial charge on any atom is -0.321 e. The predicted molar refractivity (Wildman–Crippen MR) is 101 cm³/mol. The lowest BCUT2D eigenvalue weighted by molar-refractivity contribution is 0.102. The molecule has 2 aliphatic rings. The molecule has 2 aromatic rings. The summed E-state index contributed by atoms with van der Waals surface area (Å²) >= 11 is 5.09. The third-order valence-electron chi connectivity index (χ3n) is 4.08. The SMILES string of the molecule is CSc1sc(C(=O)Nc2ccccc2)c2c1C1=C(CC2)CNS1. The molecule has 3 nitrogen and oxygen atoms in total. The zero-order chi connectivity index (χ0) is 15.8. The Balaban J connectivity index is 1.72. The second-order valence-electron chi connectivity index (χ2n) is 5.45. The molecule has 2 heterocycles. The van der Waals surface area contributed by atoms with Crippen molar-refractivity contribution in [3.05, 3.63) is 51.9 Å². The largest absolute Gasteiger partial charge is 0.321 e. The van der Waals surface area contributed by atoms with Gasteiger partial charge in [0.1, 0.15) is 0 Å². The zero-order valence-electron chi connectivity index (χ0n) is 12.6. The van der Waals surface area contributed by atoms with Crippen molar-refractivity contribution in [2.75, 3.05) is 18.1 Å². The number of anilines is 1. The van der Waals surface area contributed by atoms with Crippen LogP contribution in [0.15, 0.2) is 40.1 Å². The smallest absolute Gasteiger partial charge is 0.266 e. The van der Waals surface area contributed by atoms with Gasteiger partial charge < -0.3 is 5.32 Å². The van der Waals surface area contributed by atoms with E-state index in [0.29, 0.717) is 0 Å². The highest BCUT2D eigenvalue weighted by molar-refractivity contribution is 8.07. The van der Waals surface area contributed by atoms with E-state index in [1.165, 1.54) is 25.8 Å². The van der Waals surface area contributed by atoms with Gasteiger partial charge in [0.15, 0.2) is 0 Å². The fourth-order valence-corrected chi connectivity index (χ4v) is 6.16. The molecule has 1 aliphatic heterocycles. The van der Waals surface area contributed by atoms with Crippen molar-refractivity contribution >= 4 is 51.5 Å². The summed E-state index contributed by atoms with van der Waals surface area (Å²) in [6, 6.07) is 9.66. The van der Waals surface area contributed by atoms with E-state index in [4.69, 9.17) is 0 Å². The molecule has 118 valence electrons. The topological polar surface area (TPSA) is 41.1 Å². The van der Waals surface area contributed by atoms with Crippen LogP contribution in [0.3, 0.4) is 0 Å². The van der Waals surface area contributed by atoms with Crippen LogP contribution in [-0.2, 0) is 6.42 Å². The number of para-hydroxylation sites is 1. The highest BCUT2D eigenvalue weighted by Gasteiger charge is 2.31. The second kappa shape index (κ2) is 6.36. The molecule has 0 atom stereocenters. The number of fused-ring (bicyclic) bond motifs is 2. The number of thioether (sulfide) groups is 1. The summed E-state index contributed by atoms with van der Waals surface area (Å²) in [5, 5.41) is 3.03. The number of carbonyl (C=O) groups excluding carboxylic acids is 1. The van der Waals surface area contributed by atoms with Crippen LogP contribution in [0.5, 0.6) is 0 Å².